The van der Waals surface area contributed by atoms with E-state index in [1.165, 1.54) is 11.3 Å². The number of hydrogen-bond donors (Lipinski definition) is 2. The van der Waals surface area contributed by atoms with E-state index in [0.29, 0.717) is 6.54 Å². The molecule has 3 amide bonds. The Kier molecular flexibility index (Phi) is 5.14. The SMILES string of the molecule is NC(=O)N[C@H](CC(=O)N1CCC[C@H](n2ccnc2)C1)c1cccs1. The summed E-state index contributed by atoms with van der Waals surface area (Å²) in [6.07, 6.45) is 7.70. The van der Waals surface area contributed by atoms with Crippen LogP contribution in [0.2, 0.25) is 0 Å². The highest BCUT2D eigenvalue weighted by atomic mass is 32.1. The molecule has 2 aromatic rings. The Morgan fingerprint density at radius 2 is 2.38 bits per heavy atom. The van der Waals surface area contributed by atoms with Crippen LogP contribution in [0.4, 0.5) is 4.79 Å². The Labute approximate surface area is 144 Å². The summed E-state index contributed by atoms with van der Waals surface area (Å²) in [5.41, 5.74) is 5.26. The fourth-order valence-corrected chi connectivity index (χ4v) is 3.88. The number of imidazole rings is 1. The van der Waals surface area contributed by atoms with Gasteiger partial charge in [0, 0.05) is 30.4 Å². The van der Waals surface area contributed by atoms with E-state index in [0.717, 1.165) is 24.3 Å². The maximum absolute atomic E-state index is 12.7. The van der Waals surface area contributed by atoms with Gasteiger partial charge in [0.1, 0.15) is 0 Å². The van der Waals surface area contributed by atoms with Crippen molar-refractivity contribution in [2.24, 2.45) is 5.73 Å². The van der Waals surface area contributed by atoms with Crippen molar-refractivity contribution < 1.29 is 9.59 Å². The van der Waals surface area contributed by atoms with Gasteiger partial charge in [-0.1, -0.05) is 6.07 Å². The molecular weight excluding hydrogens is 326 g/mol. The average Bonchev–Trinajstić information content (AvgIpc) is 3.27. The average molecular weight is 347 g/mol. The lowest BCUT2D eigenvalue weighted by molar-refractivity contribution is -0.133. The summed E-state index contributed by atoms with van der Waals surface area (Å²) in [6.45, 7) is 1.42. The number of aromatic nitrogens is 2. The Morgan fingerprint density at radius 3 is 3.04 bits per heavy atom. The molecule has 0 spiro atoms. The third-order valence-electron chi connectivity index (χ3n) is 4.28. The van der Waals surface area contributed by atoms with Gasteiger partial charge in [-0.05, 0) is 24.3 Å². The van der Waals surface area contributed by atoms with Crippen LogP contribution in [0.15, 0.2) is 36.2 Å². The molecule has 0 unspecified atom stereocenters. The molecule has 7 nitrogen and oxygen atoms in total. The number of rotatable bonds is 5. The molecule has 0 aliphatic carbocycles. The Bertz CT molecular complexity index is 671. The van der Waals surface area contributed by atoms with Gasteiger partial charge in [0.15, 0.2) is 0 Å². The molecule has 1 fully saturated rings. The summed E-state index contributed by atoms with van der Waals surface area (Å²) < 4.78 is 2.05. The van der Waals surface area contributed by atoms with E-state index < -0.39 is 6.03 Å². The second kappa shape index (κ2) is 7.48. The number of thiophene rings is 1. The Balaban J connectivity index is 1.65. The molecule has 2 aromatic heterocycles. The van der Waals surface area contributed by atoms with Crippen LogP contribution in [-0.4, -0.2) is 39.5 Å². The molecular formula is C16H21N5O2S. The number of hydrogen-bond acceptors (Lipinski definition) is 4. The van der Waals surface area contributed by atoms with Gasteiger partial charge in [0.2, 0.25) is 5.91 Å². The Hall–Kier alpha value is -2.35. The predicted octanol–water partition coefficient (Wildman–Crippen LogP) is 1.91. The molecule has 0 aromatic carbocycles. The molecule has 1 aliphatic heterocycles. The van der Waals surface area contributed by atoms with E-state index in [9.17, 15) is 9.59 Å². The maximum Gasteiger partial charge on any atom is 0.312 e. The van der Waals surface area contributed by atoms with Crippen molar-refractivity contribution in [3.63, 3.8) is 0 Å². The molecule has 0 radical (unpaired) electrons. The van der Waals surface area contributed by atoms with Crippen molar-refractivity contribution in [2.45, 2.75) is 31.3 Å². The van der Waals surface area contributed by atoms with Crippen LogP contribution in [0.5, 0.6) is 0 Å². The number of nitrogens with one attached hydrogen (secondary N) is 1. The van der Waals surface area contributed by atoms with Gasteiger partial charge in [0.25, 0.3) is 0 Å². The predicted molar refractivity (Wildman–Crippen MR) is 91.5 cm³/mol. The number of amides is 3. The number of primary amides is 1. The van der Waals surface area contributed by atoms with Crippen molar-refractivity contribution >= 4 is 23.3 Å². The van der Waals surface area contributed by atoms with Crippen molar-refractivity contribution in [2.75, 3.05) is 13.1 Å². The molecule has 0 saturated carbocycles. The highest BCUT2D eigenvalue weighted by molar-refractivity contribution is 7.10. The Morgan fingerprint density at radius 1 is 1.50 bits per heavy atom. The lowest BCUT2D eigenvalue weighted by Crippen LogP contribution is -2.43. The van der Waals surface area contributed by atoms with Gasteiger partial charge in [-0.25, -0.2) is 9.78 Å². The zero-order valence-corrected chi connectivity index (χ0v) is 14.1. The largest absolute Gasteiger partial charge is 0.352 e. The van der Waals surface area contributed by atoms with Gasteiger partial charge in [-0.3, -0.25) is 4.79 Å². The smallest absolute Gasteiger partial charge is 0.312 e. The third kappa shape index (κ3) is 3.94. The van der Waals surface area contributed by atoms with E-state index in [4.69, 9.17) is 5.73 Å². The van der Waals surface area contributed by atoms with Crippen LogP contribution >= 0.6 is 11.3 Å². The number of likely N-dealkylation sites (tertiary alicyclic amines) is 1. The van der Waals surface area contributed by atoms with Crippen LogP contribution in [0.3, 0.4) is 0 Å². The molecule has 3 N–H and O–H groups in total. The number of nitrogens with two attached hydrogens (primary N) is 1. The van der Waals surface area contributed by atoms with Crippen LogP contribution in [0.25, 0.3) is 0 Å². The lowest BCUT2D eigenvalue weighted by atomic mass is 10.0. The van der Waals surface area contributed by atoms with Crippen LogP contribution < -0.4 is 11.1 Å². The first-order chi connectivity index (χ1) is 11.6. The monoisotopic (exact) mass is 347 g/mol. The zero-order chi connectivity index (χ0) is 16.9. The van der Waals surface area contributed by atoms with Gasteiger partial charge >= 0.3 is 6.03 Å². The fourth-order valence-electron chi connectivity index (χ4n) is 3.10. The molecule has 3 rings (SSSR count). The highest BCUT2D eigenvalue weighted by Gasteiger charge is 2.27. The lowest BCUT2D eigenvalue weighted by Gasteiger charge is -2.34. The van der Waals surface area contributed by atoms with Gasteiger partial charge < -0.3 is 20.5 Å². The normalized spacial score (nSPS) is 19.0. The molecule has 0 bridgehead atoms. The van der Waals surface area contributed by atoms with Crippen molar-refractivity contribution in [3.05, 3.63) is 41.1 Å². The van der Waals surface area contributed by atoms with E-state index in [1.54, 1.807) is 12.5 Å². The van der Waals surface area contributed by atoms with E-state index >= 15 is 0 Å². The molecule has 1 saturated heterocycles. The van der Waals surface area contributed by atoms with Gasteiger partial charge in [-0.2, -0.15) is 0 Å². The molecule has 3 heterocycles. The molecule has 8 heteroatoms. The topological polar surface area (TPSA) is 93.2 Å². The summed E-state index contributed by atoms with van der Waals surface area (Å²) in [5.74, 6) is 0.0342. The van der Waals surface area contributed by atoms with Crippen LogP contribution in [0, 0.1) is 0 Å². The van der Waals surface area contributed by atoms with Gasteiger partial charge in [-0.15, -0.1) is 11.3 Å². The second-order valence-corrected chi connectivity index (χ2v) is 6.91. The number of carbonyl (C=O) groups excluding carboxylic acids is 2. The minimum absolute atomic E-state index is 0.0342. The minimum atomic E-state index is -0.615. The quantitative estimate of drug-likeness (QED) is 0.865. The van der Waals surface area contributed by atoms with Gasteiger partial charge in [0.05, 0.1) is 24.8 Å². The highest BCUT2D eigenvalue weighted by Crippen LogP contribution is 2.26. The first-order valence-electron chi connectivity index (χ1n) is 7.98. The van der Waals surface area contributed by atoms with Crippen LogP contribution in [0.1, 0.15) is 36.2 Å². The van der Waals surface area contributed by atoms with E-state index in [-0.39, 0.29) is 24.4 Å². The van der Waals surface area contributed by atoms with Crippen molar-refractivity contribution in [3.8, 4) is 0 Å². The molecule has 24 heavy (non-hydrogen) atoms. The maximum atomic E-state index is 12.7. The number of piperidine rings is 1. The number of urea groups is 1. The first kappa shape index (κ1) is 16.5. The molecule has 1 aliphatic rings. The fraction of sp³-hybridized carbons (Fsp3) is 0.438. The summed E-state index contributed by atoms with van der Waals surface area (Å²) in [5, 5.41) is 4.60. The van der Waals surface area contributed by atoms with Crippen molar-refractivity contribution in [1.82, 2.24) is 19.8 Å². The summed E-state index contributed by atoms with van der Waals surface area (Å²) in [7, 11) is 0. The zero-order valence-electron chi connectivity index (χ0n) is 13.3. The number of carbonyl (C=O) groups is 2. The minimum Gasteiger partial charge on any atom is -0.352 e. The standard InChI is InChI=1S/C16H21N5O2S/c17-16(23)19-13(14-4-2-8-24-14)9-15(22)20-6-1-3-12(10-20)21-7-5-18-11-21/h2,4-5,7-8,11-13H,1,3,6,9-10H2,(H3,17,19,23)/t12-,13+/m0/s1. The summed E-state index contributed by atoms with van der Waals surface area (Å²) in [4.78, 5) is 30.9. The third-order valence-corrected chi connectivity index (χ3v) is 5.26. The van der Waals surface area contributed by atoms with E-state index in [1.807, 2.05) is 28.6 Å². The van der Waals surface area contributed by atoms with E-state index in [2.05, 4.69) is 14.9 Å². The molecule has 2 atom stereocenters. The first-order valence-corrected chi connectivity index (χ1v) is 8.86. The number of nitrogens with zero attached hydrogens (tertiary/aromatic N) is 3. The second-order valence-electron chi connectivity index (χ2n) is 5.93. The summed E-state index contributed by atoms with van der Waals surface area (Å²) >= 11 is 1.51. The van der Waals surface area contributed by atoms with Crippen LogP contribution in [-0.2, 0) is 4.79 Å². The summed E-state index contributed by atoms with van der Waals surface area (Å²) in [6, 6.07) is 3.08. The molecule has 128 valence electrons. The van der Waals surface area contributed by atoms with Crippen molar-refractivity contribution in [1.29, 1.82) is 0 Å².